The first-order valence-electron chi connectivity index (χ1n) is 5.37. The molecule has 1 aromatic rings. The molecule has 0 aliphatic carbocycles. The van der Waals surface area contributed by atoms with Crippen molar-refractivity contribution in [3.05, 3.63) is 29.3 Å². The first kappa shape index (κ1) is 11.4. The number of rotatable bonds is 2. The third-order valence-corrected chi connectivity index (χ3v) is 2.96. The summed E-state index contributed by atoms with van der Waals surface area (Å²) in [6, 6.07) is 4.74. The lowest BCUT2D eigenvalue weighted by atomic mass is 10.1. The van der Waals surface area contributed by atoms with E-state index in [1.165, 1.54) is 0 Å². The van der Waals surface area contributed by atoms with Gasteiger partial charge < -0.3 is 10.0 Å². The van der Waals surface area contributed by atoms with E-state index in [2.05, 4.69) is 0 Å². The molecule has 0 bridgehead atoms. The number of aromatic carboxylic acids is 1. The maximum Gasteiger partial charge on any atom is 0.335 e. The van der Waals surface area contributed by atoms with Crippen molar-refractivity contribution >= 4 is 17.7 Å². The summed E-state index contributed by atoms with van der Waals surface area (Å²) in [4.78, 5) is 26.0. The van der Waals surface area contributed by atoms with Gasteiger partial charge in [0.15, 0.2) is 0 Å². The van der Waals surface area contributed by atoms with Crippen molar-refractivity contribution in [3.8, 4) is 0 Å². The second-order valence-electron chi connectivity index (χ2n) is 4.16. The largest absolute Gasteiger partial charge is 0.478 e. The molecule has 0 aromatic heterocycles. The van der Waals surface area contributed by atoms with Crippen LogP contribution in [0, 0.1) is 6.92 Å². The van der Waals surface area contributed by atoms with Crippen LogP contribution in [0.3, 0.4) is 0 Å². The van der Waals surface area contributed by atoms with Gasteiger partial charge in [-0.2, -0.15) is 0 Å². The van der Waals surface area contributed by atoms with E-state index in [4.69, 9.17) is 5.11 Å². The minimum atomic E-state index is -0.980. The van der Waals surface area contributed by atoms with E-state index >= 15 is 0 Å². The van der Waals surface area contributed by atoms with Crippen molar-refractivity contribution < 1.29 is 14.7 Å². The Morgan fingerprint density at radius 1 is 1.35 bits per heavy atom. The molecule has 5 nitrogen and oxygen atoms in total. The fourth-order valence-electron chi connectivity index (χ4n) is 1.90. The number of aryl methyl sites for hydroxylation is 1. The molecule has 1 saturated heterocycles. The molecule has 0 saturated carbocycles. The SMILES string of the molecule is Cc1ccc(C(=O)O)cc1N1CCN(C)C1=O. The first-order chi connectivity index (χ1) is 8.00. The summed E-state index contributed by atoms with van der Waals surface area (Å²) >= 11 is 0. The predicted octanol–water partition coefficient (Wildman–Crippen LogP) is 1.57. The summed E-state index contributed by atoms with van der Waals surface area (Å²) in [6.07, 6.45) is 0. The molecule has 90 valence electrons. The van der Waals surface area contributed by atoms with Gasteiger partial charge in [-0.05, 0) is 24.6 Å². The summed E-state index contributed by atoms with van der Waals surface area (Å²) in [5.74, 6) is -0.980. The molecule has 5 heteroatoms. The third-order valence-electron chi connectivity index (χ3n) is 2.96. The van der Waals surface area contributed by atoms with E-state index in [0.717, 1.165) is 5.56 Å². The summed E-state index contributed by atoms with van der Waals surface area (Å²) < 4.78 is 0. The summed E-state index contributed by atoms with van der Waals surface area (Å²) in [6.45, 7) is 3.13. The number of carbonyl (C=O) groups is 2. The number of carboxylic acids is 1. The Hall–Kier alpha value is -2.04. The van der Waals surface area contributed by atoms with Crippen LogP contribution in [0.5, 0.6) is 0 Å². The molecule has 1 aromatic carbocycles. The third kappa shape index (κ3) is 1.95. The van der Waals surface area contributed by atoms with Gasteiger partial charge in [-0.15, -0.1) is 0 Å². The van der Waals surface area contributed by atoms with Crippen molar-refractivity contribution in [2.45, 2.75) is 6.92 Å². The van der Waals surface area contributed by atoms with Gasteiger partial charge in [-0.25, -0.2) is 9.59 Å². The quantitative estimate of drug-likeness (QED) is 0.844. The van der Waals surface area contributed by atoms with Crippen LogP contribution < -0.4 is 4.90 Å². The molecule has 1 aliphatic heterocycles. The minimum absolute atomic E-state index is 0.0874. The van der Waals surface area contributed by atoms with Crippen LogP contribution in [-0.2, 0) is 0 Å². The van der Waals surface area contributed by atoms with Gasteiger partial charge in [-0.3, -0.25) is 4.90 Å². The van der Waals surface area contributed by atoms with Gasteiger partial charge in [0.25, 0.3) is 0 Å². The minimum Gasteiger partial charge on any atom is -0.478 e. The van der Waals surface area contributed by atoms with Crippen LogP contribution in [-0.4, -0.2) is 42.1 Å². The molecule has 2 amide bonds. The molecule has 0 unspecified atom stereocenters. The molecule has 0 radical (unpaired) electrons. The van der Waals surface area contributed by atoms with Crippen molar-refractivity contribution in [2.75, 3.05) is 25.0 Å². The maximum absolute atomic E-state index is 11.8. The number of hydrogen-bond donors (Lipinski definition) is 1. The first-order valence-corrected chi connectivity index (χ1v) is 5.37. The van der Waals surface area contributed by atoms with Crippen LogP contribution in [0.15, 0.2) is 18.2 Å². The van der Waals surface area contributed by atoms with Gasteiger partial charge in [0.05, 0.1) is 5.56 Å². The number of anilines is 1. The van der Waals surface area contributed by atoms with E-state index < -0.39 is 5.97 Å². The van der Waals surface area contributed by atoms with Crippen molar-refractivity contribution in [3.63, 3.8) is 0 Å². The molecule has 1 aliphatic rings. The lowest BCUT2D eigenvalue weighted by molar-refractivity contribution is 0.0697. The molecule has 1 N–H and O–H groups in total. The van der Waals surface area contributed by atoms with E-state index in [9.17, 15) is 9.59 Å². The highest BCUT2D eigenvalue weighted by molar-refractivity contribution is 5.97. The van der Waals surface area contributed by atoms with Crippen LogP contribution in [0.25, 0.3) is 0 Å². The summed E-state index contributed by atoms with van der Waals surface area (Å²) in [7, 11) is 1.73. The van der Waals surface area contributed by atoms with Gasteiger partial charge in [0, 0.05) is 25.8 Å². The van der Waals surface area contributed by atoms with Crippen LogP contribution in [0.4, 0.5) is 10.5 Å². The number of amides is 2. The Morgan fingerprint density at radius 2 is 2.06 bits per heavy atom. The van der Waals surface area contributed by atoms with Crippen LogP contribution >= 0.6 is 0 Å². The van der Waals surface area contributed by atoms with Gasteiger partial charge in [0.1, 0.15) is 0 Å². The molecule has 1 fully saturated rings. The molecule has 2 rings (SSSR count). The number of carbonyl (C=O) groups excluding carboxylic acids is 1. The number of carboxylic acid groups (broad SMARTS) is 1. The normalized spacial score (nSPS) is 15.5. The zero-order chi connectivity index (χ0) is 12.6. The Labute approximate surface area is 99.3 Å². The molecule has 0 spiro atoms. The number of likely N-dealkylation sites (N-methyl/N-ethyl adjacent to an activating group) is 1. The smallest absolute Gasteiger partial charge is 0.335 e. The van der Waals surface area contributed by atoms with Crippen LogP contribution in [0.1, 0.15) is 15.9 Å². The maximum atomic E-state index is 11.8. The van der Waals surface area contributed by atoms with Crippen LogP contribution in [0.2, 0.25) is 0 Å². The van der Waals surface area contributed by atoms with Crippen molar-refractivity contribution in [1.82, 2.24) is 4.90 Å². The fraction of sp³-hybridized carbons (Fsp3) is 0.333. The highest BCUT2D eigenvalue weighted by Crippen LogP contribution is 2.25. The van der Waals surface area contributed by atoms with Gasteiger partial charge in [-0.1, -0.05) is 6.07 Å². The number of hydrogen-bond acceptors (Lipinski definition) is 2. The zero-order valence-corrected chi connectivity index (χ0v) is 9.80. The second-order valence-corrected chi connectivity index (χ2v) is 4.16. The Balaban J connectivity index is 2.41. The van der Waals surface area contributed by atoms with E-state index in [1.807, 2.05) is 6.92 Å². The number of urea groups is 1. The average Bonchev–Trinajstić information content (AvgIpc) is 2.60. The zero-order valence-electron chi connectivity index (χ0n) is 9.80. The molecule has 0 atom stereocenters. The predicted molar refractivity (Wildman–Crippen MR) is 63.5 cm³/mol. The molecule has 1 heterocycles. The van der Waals surface area contributed by atoms with Crippen molar-refractivity contribution in [1.29, 1.82) is 0 Å². The number of benzene rings is 1. The monoisotopic (exact) mass is 234 g/mol. The number of nitrogens with zero attached hydrogens (tertiary/aromatic N) is 2. The molecular weight excluding hydrogens is 220 g/mol. The fourth-order valence-corrected chi connectivity index (χ4v) is 1.90. The van der Waals surface area contributed by atoms with E-state index in [0.29, 0.717) is 18.8 Å². The lowest BCUT2D eigenvalue weighted by Gasteiger charge is -2.18. The molecular formula is C12H14N2O3. The van der Waals surface area contributed by atoms with Gasteiger partial charge in [0.2, 0.25) is 0 Å². The average molecular weight is 234 g/mol. The summed E-state index contributed by atoms with van der Waals surface area (Å²) in [5.41, 5.74) is 1.78. The van der Waals surface area contributed by atoms with Gasteiger partial charge >= 0.3 is 12.0 Å². The highest BCUT2D eigenvalue weighted by Gasteiger charge is 2.27. The Kier molecular flexibility index (Phi) is 2.75. The highest BCUT2D eigenvalue weighted by atomic mass is 16.4. The lowest BCUT2D eigenvalue weighted by Crippen LogP contribution is -2.29. The Bertz CT molecular complexity index is 485. The van der Waals surface area contributed by atoms with E-state index in [-0.39, 0.29) is 11.6 Å². The topological polar surface area (TPSA) is 60.9 Å². The molecule has 17 heavy (non-hydrogen) atoms. The second kappa shape index (κ2) is 4.08. The van der Waals surface area contributed by atoms with Crippen molar-refractivity contribution in [2.24, 2.45) is 0 Å². The Morgan fingerprint density at radius 3 is 2.59 bits per heavy atom. The summed E-state index contributed by atoms with van der Waals surface area (Å²) in [5, 5.41) is 8.95. The van der Waals surface area contributed by atoms with E-state index in [1.54, 1.807) is 35.0 Å². The standard InChI is InChI=1S/C12H14N2O3/c1-8-3-4-9(11(15)16)7-10(8)14-6-5-13(2)12(14)17/h3-4,7H,5-6H2,1-2H3,(H,15,16).